The van der Waals surface area contributed by atoms with E-state index in [1.54, 1.807) is 61.5 Å². The van der Waals surface area contributed by atoms with E-state index in [1.165, 1.54) is 19.0 Å². The molecule has 2 rings (SSSR count). The van der Waals surface area contributed by atoms with Gasteiger partial charge in [-0.2, -0.15) is 12.7 Å². The van der Waals surface area contributed by atoms with Crippen molar-refractivity contribution in [2.75, 3.05) is 24.9 Å². The lowest BCUT2D eigenvalue weighted by atomic mass is 10.1. The third-order valence-electron chi connectivity index (χ3n) is 5.53. The van der Waals surface area contributed by atoms with E-state index in [0.29, 0.717) is 16.3 Å². The lowest BCUT2D eigenvalue weighted by molar-refractivity contribution is -0.139. The third kappa shape index (κ3) is 6.94. The molecule has 34 heavy (non-hydrogen) atoms. The van der Waals surface area contributed by atoms with E-state index in [0.717, 1.165) is 15.0 Å². The van der Waals surface area contributed by atoms with Crippen LogP contribution in [0, 0.1) is 0 Å². The predicted octanol–water partition coefficient (Wildman–Crippen LogP) is 3.28. The van der Waals surface area contributed by atoms with Gasteiger partial charge in [0.25, 0.3) is 0 Å². The van der Waals surface area contributed by atoms with Crippen LogP contribution in [0.5, 0.6) is 0 Å². The molecule has 0 saturated carbocycles. The highest BCUT2D eigenvalue weighted by Crippen LogP contribution is 2.22. The van der Waals surface area contributed by atoms with Crippen molar-refractivity contribution in [3.05, 3.63) is 65.2 Å². The van der Waals surface area contributed by atoms with E-state index in [-0.39, 0.29) is 18.5 Å². The van der Waals surface area contributed by atoms with Crippen LogP contribution in [0.25, 0.3) is 0 Å². The van der Waals surface area contributed by atoms with Gasteiger partial charge >= 0.3 is 10.2 Å². The number of benzene rings is 2. The number of hydrogen-bond acceptors (Lipinski definition) is 4. The van der Waals surface area contributed by atoms with Crippen LogP contribution >= 0.6 is 11.6 Å². The molecule has 1 N–H and O–H groups in total. The number of anilines is 1. The Morgan fingerprint density at radius 2 is 1.59 bits per heavy atom. The molecule has 186 valence electrons. The zero-order valence-corrected chi connectivity index (χ0v) is 21.8. The second-order valence-corrected chi connectivity index (χ2v) is 10.7. The minimum absolute atomic E-state index is 0.0538. The molecule has 0 aliphatic heterocycles. The molecule has 0 unspecified atom stereocenters. The summed E-state index contributed by atoms with van der Waals surface area (Å²) < 4.78 is 28.2. The van der Waals surface area contributed by atoms with Crippen LogP contribution in [0.3, 0.4) is 0 Å². The van der Waals surface area contributed by atoms with Gasteiger partial charge in [0.2, 0.25) is 11.8 Å². The van der Waals surface area contributed by atoms with Gasteiger partial charge in [0.1, 0.15) is 12.6 Å². The van der Waals surface area contributed by atoms with Crippen molar-refractivity contribution in [2.45, 2.75) is 45.8 Å². The first-order valence-corrected chi connectivity index (χ1v) is 12.8. The second kappa shape index (κ2) is 12.2. The van der Waals surface area contributed by atoms with Gasteiger partial charge in [-0.05, 0) is 44.0 Å². The summed E-state index contributed by atoms with van der Waals surface area (Å²) in [7, 11) is -1.17. The number of carbonyl (C=O) groups excluding carboxylic acids is 2. The predicted molar refractivity (Wildman–Crippen MR) is 136 cm³/mol. The molecule has 0 aliphatic rings. The number of hydrogen-bond donors (Lipinski definition) is 1. The average Bonchev–Trinajstić information content (AvgIpc) is 2.81. The summed E-state index contributed by atoms with van der Waals surface area (Å²) >= 11 is 6.33. The van der Waals surface area contributed by atoms with Crippen LogP contribution in [-0.4, -0.2) is 62.2 Å². The Balaban J connectivity index is 2.43. The summed E-state index contributed by atoms with van der Waals surface area (Å²) in [5.41, 5.74) is 1.00. The van der Waals surface area contributed by atoms with Crippen molar-refractivity contribution < 1.29 is 18.0 Å². The zero-order chi connectivity index (χ0) is 25.5. The van der Waals surface area contributed by atoms with Crippen molar-refractivity contribution in [3.63, 3.8) is 0 Å². The third-order valence-corrected chi connectivity index (χ3v) is 7.72. The van der Waals surface area contributed by atoms with Crippen LogP contribution in [0.4, 0.5) is 5.69 Å². The Labute approximate surface area is 207 Å². The summed E-state index contributed by atoms with van der Waals surface area (Å²) in [5, 5.41) is 3.35. The number of halogens is 1. The quantitative estimate of drug-likeness (QED) is 0.504. The highest BCUT2D eigenvalue weighted by atomic mass is 35.5. The first-order chi connectivity index (χ1) is 16.0. The van der Waals surface area contributed by atoms with Gasteiger partial charge in [0.15, 0.2) is 0 Å². The molecule has 0 radical (unpaired) electrons. The molecule has 2 amide bonds. The molecule has 2 aromatic carbocycles. The van der Waals surface area contributed by atoms with Crippen LogP contribution < -0.4 is 9.62 Å². The molecule has 0 aliphatic carbocycles. The van der Waals surface area contributed by atoms with E-state index in [4.69, 9.17) is 11.6 Å². The largest absolute Gasteiger partial charge is 0.352 e. The van der Waals surface area contributed by atoms with Gasteiger partial charge < -0.3 is 10.2 Å². The van der Waals surface area contributed by atoms with Crippen molar-refractivity contribution in [1.82, 2.24) is 14.5 Å². The topological polar surface area (TPSA) is 90.0 Å². The van der Waals surface area contributed by atoms with Crippen molar-refractivity contribution >= 4 is 39.3 Å². The summed E-state index contributed by atoms with van der Waals surface area (Å²) in [4.78, 5) is 27.9. The van der Waals surface area contributed by atoms with E-state index < -0.39 is 28.7 Å². The first-order valence-electron chi connectivity index (χ1n) is 11.1. The molecule has 0 aromatic heterocycles. The number of para-hydroxylation sites is 1. The second-order valence-electron chi connectivity index (χ2n) is 8.24. The average molecular weight is 509 g/mol. The molecular weight excluding hydrogens is 476 g/mol. The van der Waals surface area contributed by atoms with Gasteiger partial charge in [0, 0.05) is 31.7 Å². The van der Waals surface area contributed by atoms with E-state index >= 15 is 0 Å². The fourth-order valence-corrected chi connectivity index (χ4v) is 4.42. The Morgan fingerprint density at radius 1 is 1.00 bits per heavy atom. The number of nitrogens with one attached hydrogen (secondary N) is 1. The lowest BCUT2D eigenvalue weighted by Crippen LogP contribution is -2.53. The molecule has 8 nitrogen and oxygen atoms in total. The molecule has 2 atom stereocenters. The molecule has 2 aromatic rings. The van der Waals surface area contributed by atoms with E-state index in [2.05, 4.69) is 5.32 Å². The highest BCUT2D eigenvalue weighted by Gasteiger charge is 2.33. The highest BCUT2D eigenvalue weighted by molar-refractivity contribution is 7.90. The number of nitrogens with zero attached hydrogens (tertiary/aromatic N) is 3. The SMILES string of the molecule is CC[C@@H](C)NC(=O)[C@@H](C)N(Cc1ccccc1Cl)C(=O)CN(c1ccccc1)S(=O)(=O)N(C)C. The van der Waals surface area contributed by atoms with Crippen LogP contribution in [-0.2, 0) is 26.3 Å². The summed E-state index contributed by atoms with van der Waals surface area (Å²) in [6, 6.07) is 14.5. The number of carbonyl (C=O) groups is 2. The maximum Gasteiger partial charge on any atom is 0.304 e. The van der Waals surface area contributed by atoms with Crippen molar-refractivity contribution in [1.29, 1.82) is 0 Å². The Bertz CT molecular complexity index is 1080. The van der Waals surface area contributed by atoms with Gasteiger partial charge in [0.05, 0.1) is 5.69 Å². The molecule has 0 saturated heterocycles. The summed E-state index contributed by atoms with van der Waals surface area (Å²) in [6.07, 6.45) is 0.736. The Morgan fingerprint density at radius 3 is 2.15 bits per heavy atom. The lowest BCUT2D eigenvalue weighted by Gasteiger charge is -2.33. The Hall–Kier alpha value is -2.62. The maximum atomic E-state index is 13.6. The molecule has 0 fully saturated rings. The number of rotatable bonds is 11. The molecule has 10 heteroatoms. The molecule has 0 spiro atoms. The van der Waals surface area contributed by atoms with Crippen molar-refractivity contribution in [2.24, 2.45) is 0 Å². The smallest absolute Gasteiger partial charge is 0.304 e. The van der Waals surface area contributed by atoms with Crippen LogP contribution in [0.2, 0.25) is 5.02 Å². The normalized spacial score (nSPS) is 13.3. The minimum atomic E-state index is -3.98. The van der Waals surface area contributed by atoms with Gasteiger partial charge in [-0.25, -0.2) is 4.31 Å². The minimum Gasteiger partial charge on any atom is -0.352 e. The monoisotopic (exact) mass is 508 g/mol. The first kappa shape index (κ1) is 27.6. The summed E-state index contributed by atoms with van der Waals surface area (Å²) in [6.45, 7) is 5.03. The molecular formula is C24H33ClN4O4S. The maximum absolute atomic E-state index is 13.6. The van der Waals surface area contributed by atoms with Crippen LogP contribution in [0.1, 0.15) is 32.8 Å². The summed E-state index contributed by atoms with van der Waals surface area (Å²) in [5.74, 6) is -0.850. The van der Waals surface area contributed by atoms with Gasteiger partial charge in [-0.15, -0.1) is 0 Å². The van der Waals surface area contributed by atoms with E-state index in [1.807, 2.05) is 13.8 Å². The fourth-order valence-electron chi connectivity index (χ4n) is 3.17. The van der Waals surface area contributed by atoms with E-state index in [9.17, 15) is 18.0 Å². The fraction of sp³-hybridized carbons (Fsp3) is 0.417. The molecule has 0 bridgehead atoms. The Kier molecular flexibility index (Phi) is 9.90. The number of amides is 2. The molecule has 0 heterocycles. The van der Waals surface area contributed by atoms with Gasteiger partial charge in [-0.1, -0.05) is 54.9 Å². The van der Waals surface area contributed by atoms with Gasteiger partial charge in [-0.3, -0.25) is 9.59 Å². The standard InChI is InChI=1S/C24H33ClN4O4S/c1-6-18(2)26-24(31)19(3)28(16-20-12-10-11-15-22(20)25)23(30)17-29(34(32,33)27(4)5)21-13-8-7-9-14-21/h7-15,18-19H,6,16-17H2,1-5H3,(H,26,31)/t18-,19-/m1/s1. The van der Waals surface area contributed by atoms with Crippen molar-refractivity contribution in [3.8, 4) is 0 Å². The van der Waals surface area contributed by atoms with Crippen LogP contribution in [0.15, 0.2) is 54.6 Å². The zero-order valence-electron chi connectivity index (χ0n) is 20.2.